The first-order valence-electron chi connectivity index (χ1n) is 11.2. The quantitative estimate of drug-likeness (QED) is 0.485. The number of para-hydroxylation sites is 2. The maximum absolute atomic E-state index is 15.5. The molecule has 3 aromatic rings. The third-order valence-electron chi connectivity index (χ3n) is 6.79. The Labute approximate surface area is 189 Å². The van der Waals surface area contributed by atoms with Crippen LogP contribution in [0.2, 0.25) is 0 Å². The summed E-state index contributed by atoms with van der Waals surface area (Å²) in [5, 5.41) is 0.110. The number of anilines is 1. The average Bonchev–Trinajstić information content (AvgIpc) is 3.43. The van der Waals surface area contributed by atoms with Gasteiger partial charge in [0.05, 0.1) is 11.1 Å². The molecule has 1 aromatic heterocycles. The van der Waals surface area contributed by atoms with Crippen molar-refractivity contribution < 1.29 is 13.9 Å². The minimum atomic E-state index is -0.567. The highest BCUT2D eigenvalue weighted by Gasteiger charge is 2.34. The zero-order valence-electron chi connectivity index (χ0n) is 18.0. The summed E-state index contributed by atoms with van der Waals surface area (Å²) in [6, 6.07) is 8.36. The summed E-state index contributed by atoms with van der Waals surface area (Å²) >= 11 is 0. The first-order chi connectivity index (χ1) is 15.9. The van der Waals surface area contributed by atoms with Crippen LogP contribution in [0.25, 0.3) is 16.6 Å². The molecular weight excluding hydrogens is 425 g/mol. The van der Waals surface area contributed by atoms with Gasteiger partial charge in [-0.1, -0.05) is 12.1 Å². The van der Waals surface area contributed by atoms with E-state index in [4.69, 9.17) is 16.2 Å². The first-order valence-corrected chi connectivity index (χ1v) is 11.2. The molecule has 33 heavy (non-hydrogen) atoms. The largest absolute Gasteiger partial charge is 0.451 e. The Hall–Kier alpha value is -3.43. The van der Waals surface area contributed by atoms with Gasteiger partial charge in [0, 0.05) is 44.5 Å². The predicted molar refractivity (Wildman–Crippen MR) is 123 cm³/mol. The normalized spacial score (nSPS) is 21.4. The van der Waals surface area contributed by atoms with E-state index in [9.17, 15) is 9.59 Å². The number of carbonyl (C=O) groups is 1. The van der Waals surface area contributed by atoms with Gasteiger partial charge in [-0.15, -0.1) is 0 Å². The summed E-state index contributed by atoms with van der Waals surface area (Å²) in [7, 11) is 0. The smallest absolute Gasteiger partial charge is 0.259 e. The van der Waals surface area contributed by atoms with Crippen LogP contribution in [0.5, 0.6) is 11.5 Å². The predicted octanol–water partition coefficient (Wildman–Crippen LogP) is 1.95. The molecule has 2 saturated heterocycles. The molecule has 3 aliphatic heterocycles. The molecule has 4 heterocycles. The van der Waals surface area contributed by atoms with E-state index in [1.165, 1.54) is 6.07 Å². The number of ether oxygens (including phenoxy) is 1. The molecule has 0 bridgehead atoms. The SMILES string of the molecule is NC1CCN(c2c(F)cc3c(=O)c(C(=O)N4CC[C@H](N)C4)cn4c3c2Oc2ccccc2-4)C1. The third kappa shape index (κ3) is 3.03. The van der Waals surface area contributed by atoms with Gasteiger partial charge in [-0.2, -0.15) is 0 Å². The number of aromatic nitrogens is 1. The molecule has 0 aliphatic carbocycles. The van der Waals surface area contributed by atoms with Crippen LogP contribution in [0.3, 0.4) is 0 Å². The zero-order chi connectivity index (χ0) is 22.9. The number of halogens is 1. The highest BCUT2D eigenvalue weighted by atomic mass is 19.1. The summed E-state index contributed by atoms with van der Waals surface area (Å²) in [6.07, 6.45) is 2.98. The van der Waals surface area contributed by atoms with Crippen LogP contribution in [-0.2, 0) is 0 Å². The number of hydrogen-bond acceptors (Lipinski definition) is 6. The van der Waals surface area contributed by atoms with E-state index >= 15 is 4.39 Å². The fourth-order valence-electron chi connectivity index (χ4n) is 5.13. The van der Waals surface area contributed by atoms with Crippen molar-refractivity contribution in [2.75, 3.05) is 31.1 Å². The summed E-state index contributed by atoms with van der Waals surface area (Å²) in [6.45, 7) is 1.97. The van der Waals surface area contributed by atoms with Gasteiger partial charge >= 0.3 is 0 Å². The number of nitrogens with two attached hydrogens (primary N) is 2. The second-order valence-electron chi connectivity index (χ2n) is 9.04. The van der Waals surface area contributed by atoms with Crippen LogP contribution in [0.4, 0.5) is 10.1 Å². The van der Waals surface area contributed by atoms with Gasteiger partial charge < -0.3 is 30.6 Å². The molecule has 9 heteroatoms. The summed E-state index contributed by atoms with van der Waals surface area (Å²) in [5.74, 6) is -0.162. The van der Waals surface area contributed by atoms with Gasteiger partial charge in [0.2, 0.25) is 5.43 Å². The Balaban J connectivity index is 1.62. The molecule has 3 aliphatic rings. The number of hydrogen-bond donors (Lipinski definition) is 2. The lowest BCUT2D eigenvalue weighted by Gasteiger charge is -2.29. The monoisotopic (exact) mass is 449 g/mol. The van der Waals surface area contributed by atoms with Crippen molar-refractivity contribution in [2.45, 2.75) is 24.9 Å². The highest BCUT2D eigenvalue weighted by Crippen LogP contribution is 2.47. The van der Waals surface area contributed by atoms with Gasteiger partial charge in [0.1, 0.15) is 16.8 Å². The van der Waals surface area contributed by atoms with E-state index in [2.05, 4.69) is 0 Å². The van der Waals surface area contributed by atoms with Crippen molar-refractivity contribution in [1.82, 2.24) is 9.47 Å². The van der Waals surface area contributed by atoms with E-state index in [0.29, 0.717) is 55.2 Å². The topological polar surface area (TPSA) is 107 Å². The number of amides is 1. The molecular formula is C24H24FN5O3. The maximum Gasteiger partial charge on any atom is 0.259 e. The van der Waals surface area contributed by atoms with Crippen LogP contribution in [0.1, 0.15) is 23.2 Å². The van der Waals surface area contributed by atoms with Crippen molar-refractivity contribution in [3.8, 4) is 17.2 Å². The van der Waals surface area contributed by atoms with Crippen LogP contribution in [-0.4, -0.2) is 53.6 Å². The number of fused-ring (bicyclic) bond motifs is 2. The van der Waals surface area contributed by atoms with Crippen molar-refractivity contribution in [1.29, 1.82) is 0 Å². The lowest BCUT2D eigenvalue weighted by Crippen LogP contribution is -2.35. The molecule has 1 unspecified atom stereocenters. The Kier molecular flexibility index (Phi) is 4.46. The van der Waals surface area contributed by atoms with Gasteiger partial charge in [-0.3, -0.25) is 9.59 Å². The third-order valence-corrected chi connectivity index (χ3v) is 6.79. The molecule has 0 radical (unpaired) electrons. The van der Waals surface area contributed by atoms with Gasteiger partial charge in [-0.05, 0) is 31.0 Å². The van der Waals surface area contributed by atoms with Crippen LogP contribution in [0, 0.1) is 5.82 Å². The second-order valence-corrected chi connectivity index (χ2v) is 9.04. The molecule has 6 rings (SSSR count). The second kappa shape index (κ2) is 7.29. The lowest BCUT2D eigenvalue weighted by molar-refractivity contribution is 0.0789. The number of rotatable bonds is 2. The van der Waals surface area contributed by atoms with Crippen molar-refractivity contribution >= 4 is 22.5 Å². The van der Waals surface area contributed by atoms with Crippen LogP contribution < -0.4 is 26.5 Å². The maximum atomic E-state index is 15.5. The van der Waals surface area contributed by atoms with E-state index in [1.54, 1.807) is 21.7 Å². The van der Waals surface area contributed by atoms with Crippen LogP contribution in [0.15, 0.2) is 41.3 Å². The Morgan fingerprint density at radius 1 is 1.09 bits per heavy atom. The minimum Gasteiger partial charge on any atom is -0.451 e. The molecule has 8 nitrogen and oxygen atoms in total. The van der Waals surface area contributed by atoms with Gasteiger partial charge in [-0.25, -0.2) is 4.39 Å². The van der Waals surface area contributed by atoms with Crippen molar-refractivity contribution in [2.24, 2.45) is 11.5 Å². The highest BCUT2D eigenvalue weighted by molar-refractivity contribution is 6.01. The summed E-state index contributed by atoms with van der Waals surface area (Å²) in [4.78, 5) is 30.2. The van der Waals surface area contributed by atoms with Gasteiger partial charge in [0.25, 0.3) is 5.91 Å². The molecule has 4 N–H and O–H groups in total. The number of carbonyl (C=O) groups excluding carboxylic acids is 1. The molecule has 0 saturated carbocycles. The number of pyridine rings is 1. The van der Waals surface area contributed by atoms with Gasteiger partial charge in [0.15, 0.2) is 17.3 Å². The molecule has 0 spiro atoms. The van der Waals surface area contributed by atoms with Crippen molar-refractivity contribution in [3.05, 3.63) is 58.1 Å². The van der Waals surface area contributed by atoms with Crippen molar-refractivity contribution in [3.63, 3.8) is 0 Å². The van der Waals surface area contributed by atoms with E-state index < -0.39 is 11.2 Å². The number of likely N-dealkylation sites (tertiary alicyclic amines) is 1. The fraction of sp³-hybridized carbons (Fsp3) is 0.333. The Morgan fingerprint density at radius 3 is 2.58 bits per heavy atom. The Bertz CT molecular complexity index is 1370. The zero-order valence-corrected chi connectivity index (χ0v) is 18.0. The molecule has 170 valence electrons. The Morgan fingerprint density at radius 2 is 1.85 bits per heavy atom. The molecule has 1 amide bonds. The molecule has 2 aromatic carbocycles. The molecule has 2 fully saturated rings. The lowest BCUT2D eigenvalue weighted by atomic mass is 10.1. The summed E-state index contributed by atoms with van der Waals surface area (Å²) < 4.78 is 23.5. The number of nitrogens with zero attached hydrogens (tertiary/aromatic N) is 3. The minimum absolute atomic E-state index is 0.00500. The van der Waals surface area contributed by atoms with E-state index in [0.717, 1.165) is 6.42 Å². The number of benzene rings is 2. The standard InChI is InChI=1S/C24H24FN5O3/c25-17-9-15-20-23(21(17)28-7-5-13(26)10-28)33-19-4-2-1-3-18(19)30(20)12-16(22(15)31)24(32)29-8-6-14(27)11-29/h1-4,9,12-14H,5-8,10-11,26-27H2/t13?,14-/m0/s1. The molecule has 2 atom stereocenters. The van der Waals surface area contributed by atoms with E-state index in [-0.39, 0.29) is 34.7 Å². The fourth-order valence-corrected chi connectivity index (χ4v) is 5.13. The average molecular weight is 449 g/mol. The van der Waals surface area contributed by atoms with Crippen LogP contribution >= 0.6 is 0 Å². The first kappa shape index (κ1) is 20.2. The summed E-state index contributed by atoms with van der Waals surface area (Å²) in [5.41, 5.74) is 12.9. The van der Waals surface area contributed by atoms with E-state index in [1.807, 2.05) is 23.1 Å².